The van der Waals surface area contributed by atoms with Gasteiger partial charge in [-0.25, -0.2) is 4.98 Å². The van der Waals surface area contributed by atoms with Crippen molar-refractivity contribution in [2.45, 2.75) is 19.4 Å². The lowest BCUT2D eigenvalue weighted by atomic mass is 10.2. The van der Waals surface area contributed by atoms with Gasteiger partial charge in [-0.15, -0.1) is 0 Å². The van der Waals surface area contributed by atoms with Gasteiger partial charge in [0.2, 0.25) is 0 Å². The van der Waals surface area contributed by atoms with Gasteiger partial charge in [-0.1, -0.05) is 6.92 Å². The van der Waals surface area contributed by atoms with Crippen molar-refractivity contribution in [2.75, 3.05) is 7.05 Å². The van der Waals surface area contributed by atoms with Crippen molar-refractivity contribution >= 4 is 0 Å². The molecule has 11 heavy (non-hydrogen) atoms. The Hall–Kier alpha value is -0.830. The average molecular weight is 153 g/mol. The van der Waals surface area contributed by atoms with Gasteiger partial charge in [0.1, 0.15) is 5.82 Å². The van der Waals surface area contributed by atoms with Gasteiger partial charge in [0.15, 0.2) is 0 Å². The number of hydrogen-bond donors (Lipinski definition) is 1. The molecule has 3 nitrogen and oxygen atoms in total. The summed E-state index contributed by atoms with van der Waals surface area (Å²) >= 11 is 0. The van der Waals surface area contributed by atoms with E-state index in [2.05, 4.69) is 17.2 Å². The predicted molar refractivity (Wildman–Crippen MR) is 45.3 cm³/mol. The van der Waals surface area contributed by atoms with Gasteiger partial charge in [-0.05, 0) is 13.5 Å². The molecule has 0 amide bonds. The van der Waals surface area contributed by atoms with Gasteiger partial charge in [0, 0.05) is 19.4 Å². The Morgan fingerprint density at radius 3 is 2.82 bits per heavy atom. The molecule has 1 N–H and O–H groups in total. The Labute approximate surface area is 67.4 Å². The van der Waals surface area contributed by atoms with E-state index in [1.807, 2.05) is 31.1 Å². The van der Waals surface area contributed by atoms with E-state index >= 15 is 0 Å². The van der Waals surface area contributed by atoms with Gasteiger partial charge >= 0.3 is 0 Å². The Bertz CT molecular complexity index is 213. The zero-order chi connectivity index (χ0) is 8.27. The first-order valence-electron chi connectivity index (χ1n) is 3.94. The fourth-order valence-electron chi connectivity index (χ4n) is 1.23. The molecule has 0 aliphatic carbocycles. The second-order valence-electron chi connectivity index (χ2n) is 2.65. The molecule has 0 radical (unpaired) electrons. The minimum Gasteiger partial charge on any atom is -0.337 e. The highest BCUT2D eigenvalue weighted by molar-refractivity contribution is 4.97. The van der Waals surface area contributed by atoms with E-state index in [0.717, 1.165) is 12.2 Å². The summed E-state index contributed by atoms with van der Waals surface area (Å²) in [5, 5.41) is 3.21. The maximum Gasteiger partial charge on any atom is 0.125 e. The molecule has 0 fully saturated rings. The molecule has 1 atom stereocenters. The summed E-state index contributed by atoms with van der Waals surface area (Å²) in [4.78, 5) is 4.26. The number of nitrogens with zero attached hydrogens (tertiary/aromatic N) is 2. The summed E-state index contributed by atoms with van der Waals surface area (Å²) in [7, 11) is 3.98. The Balaban J connectivity index is 2.81. The third-order valence-corrected chi connectivity index (χ3v) is 1.93. The summed E-state index contributed by atoms with van der Waals surface area (Å²) in [6, 6.07) is 0.384. The molecule has 1 unspecified atom stereocenters. The number of rotatable bonds is 3. The molecule has 1 aromatic rings. The third kappa shape index (κ3) is 1.60. The summed E-state index contributed by atoms with van der Waals surface area (Å²) in [6.45, 7) is 2.15. The van der Waals surface area contributed by atoms with Crippen LogP contribution in [-0.4, -0.2) is 16.6 Å². The van der Waals surface area contributed by atoms with E-state index in [9.17, 15) is 0 Å². The highest BCUT2D eigenvalue weighted by Gasteiger charge is 2.09. The summed E-state index contributed by atoms with van der Waals surface area (Å²) in [5.41, 5.74) is 0. The number of aromatic nitrogens is 2. The van der Waals surface area contributed by atoms with Crippen LogP contribution in [0.1, 0.15) is 25.2 Å². The van der Waals surface area contributed by atoms with Crippen molar-refractivity contribution in [2.24, 2.45) is 7.05 Å². The highest BCUT2D eigenvalue weighted by Crippen LogP contribution is 2.11. The van der Waals surface area contributed by atoms with Crippen molar-refractivity contribution < 1.29 is 0 Å². The molecule has 0 saturated carbocycles. The fourth-order valence-corrected chi connectivity index (χ4v) is 1.23. The van der Waals surface area contributed by atoms with Crippen LogP contribution in [0.2, 0.25) is 0 Å². The molecule has 1 heterocycles. The van der Waals surface area contributed by atoms with Crippen molar-refractivity contribution in [1.29, 1.82) is 0 Å². The van der Waals surface area contributed by atoms with Crippen LogP contribution in [0.5, 0.6) is 0 Å². The first-order valence-corrected chi connectivity index (χ1v) is 3.94. The van der Waals surface area contributed by atoms with E-state index < -0.39 is 0 Å². The fraction of sp³-hybridized carbons (Fsp3) is 0.625. The first-order chi connectivity index (χ1) is 5.29. The van der Waals surface area contributed by atoms with Crippen molar-refractivity contribution in [1.82, 2.24) is 14.9 Å². The van der Waals surface area contributed by atoms with E-state index in [1.165, 1.54) is 0 Å². The molecule has 0 bridgehead atoms. The van der Waals surface area contributed by atoms with Crippen LogP contribution in [0.4, 0.5) is 0 Å². The van der Waals surface area contributed by atoms with Crippen LogP contribution < -0.4 is 5.32 Å². The lowest BCUT2D eigenvalue weighted by Gasteiger charge is -2.12. The SMILES string of the molecule is CCC(NC)c1nccn1C. The van der Waals surface area contributed by atoms with Crippen LogP contribution in [0.3, 0.4) is 0 Å². The normalized spacial score (nSPS) is 13.4. The lowest BCUT2D eigenvalue weighted by Crippen LogP contribution is -2.18. The number of nitrogens with one attached hydrogen (secondary N) is 1. The van der Waals surface area contributed by atoms with Gasteiger partial charge < -0.3 is 9.88 Å². The van der Waals surface area contributed by atoms with Crippen molar-refractivity contribution in [3.8, 4) is 0 Å². The highest BCUT2D eigenvalue weighted by atomic mass is 15.1. The van der Waals surface area contributed by atoms with E-state index in [4.69, 9.17) is 0 Å². The van der Waals surface area contributed by atoms with Crippen LogP contribution in [-0.2, 0) is 7.05 Å². The van der Waals surface area contributed by atoms with E-state index in [-0.39, 0.29) is 0 Å². The van der Waals surface area contributed by atoms with Crippen LogP contribution >= 0.6 is 0 Å². The standard InChI is InChI=1S/C8H15N3/c1-4-7(9-2)8-10-5-6-11(8)3/h5-7,9H,4H2,1-3H3. The zero-order valence-corrected chi connectivity index (χ0v) is 7.33. The van der Waals surface area contributed by atoms with Crippen molar-refractivity contribution in [3.63, 3.8) is 0 Å². The van der Waals surface area contributed by atoms with Crippen LogP contribution in [0, 0.1) is 0 Å². The molecule has 0 spiro atoms. The van der Waals surface area contributed by atoms with Gasteiger partial charge in [0.05, 0.1) is 6.04 Å². The van der Waals surface area contributed by atoms with E-state index in [1.54, 1.807) is 0 Å². The third-order valence-electron chi connectivity index (χ3n) is 1.93. The Kier molecular flexibility index (Phi) is 2.65. The van der Waals surface area contributed by atoms with Crippen LogP contribution in [0.25, 0.3) is 0 Å². The number of aryl methyl sites for hydroxylation is 1. The molecule has 0 aromatic carbocycles. The second kappa shape index (κ2) is 3.53. The Morgan fingerprint density at radius 2 is 2.45 bits per heavy atom. The molecule has 1 rings (SSSR count). The molecule has 62 valence electrons. The summed E-state index contributed by atoms with van der Waals surface area (Å²) < 4.78 is 2.05. The predicted octanol–water partition coefficient (Wildman–Crippen LogP) is 1.09. The molecule has 0 aliphatic rings. The summed E-state index contributed by atoms with van der Waals surface area (Å²) in [6.07, 6.45) is 4.87. The largest absolute Gasteiger partial charge is 0.337 e. The minimum absolute atomic E-state index is 0.384. The molecule has 1 aromatic heterocycles. The van der Waals surface area contributed by atoms with E-state index in [0.29, 0.717) is 6.04 Å². The first kappa shape index (κ1) is 8.27. The molecular formula is C8H15N3. The van der Waals surface area contributed by atoms with Gasteiger partial charge in [-0.2, -0.15) is 0 Å². The summed E-state index contributed by atoms with van der Waals surface area (Å²) in [5.74, 6) is 1.11. The van der Waals surface area contributed by atoms with Gasteiger partial charge in [0.25, 0.3) is 0 Å². The lowest BCUT2D eigenvalue weighted by molar-refractivity contribution is 0.526. The molecule has 0 saturated heterocycles. The topological polar surface area (TPSA) is 29.9 Å². The zero-order valence-electron chi connectivity index (χ0n) is 7.33. The Morgan fingerprint density at radius 1 is 1.73 bits per heavy atom. The minimum atomic E-state index is 0.384. The van der Waals surface area contributed by atoms with Crippen LogP contribution in [0.15, 0.2) is 12.4 Å². The monoisotopic (exact) mass is 153 g/mol. The average Bonchev–Trinajstić information content (AvgIpc) is 2.40. The quantitative estimate of drug-likeness (QED) is 0.704. The second-order valence-corrected chi connectivity index (χ2v) is 2.65. The molecular weight excluding hydrogens is 138 g/mol. The van der Waals surface area contributed by atoms with Crippen molar-refractivity contribution in [3.05, 3.63) is 18.2 Å². The maximum absolute atomic E-state index is 4.26. The molecule has 0 aliphatic heterocycles. The number of imidazole rings is 1. The molecule has 3 heteroatoms. The maximum atomic E-state index is 4.26. The number of hydrogen-bond acceptors (Lipinski definition) is 2. The smallest absolute Gasteiger partial charge is 0.125 e. The van der Waals surface area contributed by atoms with Gasteiger partial charge in [-0.3, -0.25) is 0 Å².